The van der Waals surface area contributed by atoms with E-state index in [0.29, 0.717) is 10.6 Å². The lowest BCUT2D eigenvalue weighted by Crippen LogP contribution is -1.83. The highest BCUT2D eigenvalue weighted by Gasteiger charge is 1.98. The van der Waals surface area contributed by atoms with Gasteiger partial charge in [0.05, 0.1) is 11.3 Å². The molecule has 0 fully saturated rings. The van der Waals surface area contributed by atoms with Gasteiger partial charge >= 0.3 is 0 Å². The average Bonchev–Trinajstić information content (AvgIpc) is 2.30. The van der Waals surface area contributed by atoms with Crippen LogP contribution in [-0.2, 0) is 0 Å². The fraction of sp³-hybridized carbons (Fsp3) is 0. The Morgan fingerprint density at radius 2 is 1.80 bits per heavy atom. The molecule has 0 radical (unpaired) electrons. The zero-order valence-corrected chi connectivity index (χ0v) is 8.57. The van der Waals surface area contributed by atoms with Crippen LogP contribution in [0.5, 0.6) is 0 Å². The van der Waals surface area contributed by atoms with Gasteiger partial charge in [0.25, 0.3) is 0 Å². The molecule has 1 aromatic carbocycles. The topological polar surface area (TPSA) is 36.7 Å². The quantitative estimate of drug-likeness (QED) is 0.731. The zero-order valence-electron chi connectivity index (χ0n) is 7.81. The van der Waals surface area contributed by atoms with Crippen molar-refractivity contribution in [3.8, 4) is 17.3 Å². The standard InChI is InChI=1S/C12H7ClN2/c13-11-4-2-10(3-5-11)12-6-1-9(7-14)8-15-12/h1-6,8H. The van der Waals surface area contributed by atoms with Gasteiger partial charge in [-0.25, -0.2) is 0 Å². The molecule has 1 heterocycles. The molecule has 2 aromatic rings. The van der Waals surface area contributed by atoms with Crippen LogP contribution in [0.15, 0.2) is 42.6 Å². The SMILES string of the molecule is N#Cc1ccc(-c2ccc(Cl)cc2)nc1. The van der Waals surface area contributed by atoms with Crippen molar-refractivity contribution >= 4 is 11.6 Å². The van der Waals surface area contributed by atoms with Crippen molar-refractivity contribution in [3.63, 3.8) is 0 Å². The third-order valence-corrected chi connectivity index (χ3v) is 2.28. The second-order valence-electron chi connectivity index (χ2n) is 3.05. The maximum absolute atomic E-state index is 8.63. The highest BCUT2D eigenvalue weighted by Crippen LogP contribution is 2.19. The third-order valence-electron chi connectivity index (χ3n) is 2.03. The van der Waals surface area contributed by atoms with Gasteiger partial charge in [0.1, 0.15) is 6.07 Å². The lowest BCUT2D eigenvalue weighted by atomic mass is 10.1. The molecule has 0 aliphatic carbocycles. The largest absolute Gasteiger partial charge is 0.255 e. The van der Waals surface area contributed by atoms with E-state index in [1.165, 1.54) is 0 Å². The normalized spacial score (nSPS) is 9.60. The monoisotopic (exact) mass is 214 g/mol. The summed E-state index contributed by atoms with van der Waals surface area (Å²) in [5.74, 6) is 0. The molecule has 0 saturated heterocycles. The number of benzene rings is 1. The van der Waals surface area contributed by atoms with E-state index in [1.54, 1.807) is 12.3 Å². The number of nitriles is 1. The molecule has 0 bridgehead atoms. The van der Waals surface area contributed by atoms with E-state index in [-0.39, 0.29) is 0 Å². The van der Waals surface area contributed by atoms with Gasteiger partial charge in [0.15, 0.2) is 0 Å². The molecule has 0 aliphatic heterocycles. The molecule has 72 valence electrons. The van der Waals surface area contributed by atoms with Gasteiger partial charge in [-0.15, -0.1) is 0 Å². The summed E-state index contributed by atoms with van der Waals surface area (Å²) in [6.07, 6.45) is 1.56. The van der Waals surface area contributed by atoms with Crippen LogP contribution in [0, 0.1) is 11.3 Å². The molecule has 1 aromatic heterocycles. The van der Waals surface area contributed by atoms with Crippen molar-refractivity contribution < 1.29 is 0 Å². The summed E-state index contributed by atoms with van der Waals surface area (Å²) in [5, 5.41) is 9.33. The Morgan fingerprint density at radius 1 is 1.07 bits per heavy atom. The summed E-state index contributed by atoms with van der Waals surface area (Å²) in [6, 6.07) is 13.0. The minimum atomic E-state index is 0.563. The van der Waals surface area contributed by atoms with Crippen molar-refractivity contribution in [2.45, 2.75) is 0 Å². The van der Waals surface area contributed by atoms with Gasteiger partial charge in [0, 0.05) is 16.8 Å². The Balaban J connectivity index is 2.38. The van der Waals surface area contributed by atoms with E-state index in [1.807, 2.05) is 36.4 Å². The summed E-state index contributed by atoms with van der Waals surface area (Å²) >= 11 is 5.78. The van der Waals surface area contributed by atoms with Crippen molar-refractivity contribution in [1.82, 2.24) is 4.98 Å². The summed E-state index contributed by atoms with van der Waals surface area (Å²) < 4.78 is 0. The number of hydrogen-bond donors (Lipinski definition) is 0. The maximum Gasteiger partial charge on any atom is 0.101 e. The van der Waals surface area contributed by atoms with Crippen molar-refractivity contribution in [2.24, 2.45) is 0 Å². The number of nitrogens with zero attached hydrogens (tertiary/aromatic N) is 2. The van der Waals surface area contributed by atoms with Gasteiger partial charge in [0.2, 0.25) is 0 Å². The summed E-state index contributed by atoms with van der Waals surface area (Å²) in [6.45, 7) is 0. The minimum Gasteiger partial charge on any atom is -0.255 e. The molecule has 0 unspecified atom stereocenters. The smallest absolute Gasteiger partial charge is 0.101 e. The van der Waals surface area contributed by atoms with Crippen LogP contribution in [0.3, 0.4) is 0 Å². The predicted molar refractivity (Wildman–Crippen MR) is 59.4 cm³/mol. The fourth-order valence-corrected chi connectivity index (χ4v) is 1.38. The number of pyridine rings is 1. The predicted octanol–water partition coefficient (Wildman–Crippen LogP) is 3.27. The van der Waals surface area contributed by atoms with Crippen LogP contribution in [0.4, 0.5) is 0 Å². The highest BCUT2D eigenvalue weighted by atomic mass is 35.5. The van der Waals surface area contributed by atoms with Crippen LogP contribution < -0.4 is 0 Å². The number of rotatable bonds is 1. The van der Waals surface area contributed by atoms with Crippen molar-refractivity contribution in [3.05, 3.63) is 53.2 Å². The molecular formula is C12H7ClN2. The molecule has 0 saturated carbocycles. The summed E-state index contributed by atoms with van der Waals surface area (Å²) in [5.41, 5.74) is 2.39. The zero-order chi connectivity index (χ0) is 10.7. The van der Waals surface area contributed by atoms with Crippen LogP contribution in [0.2, 0.25) is 5.02 Å². The van der Waals surface area contributed by atoms with E-state index in [0.717, 1.165) is 11.3 Å². The number of aromatic nitrogens is 1. The first-order valence-electron chi connectivity index (χ1n) is 4.42. The molecule has 3 heteroatoms. The van der Waals surface area contributed by atoms with Crippen molar-refractivity contribution in [1.29, 1.82) is 5.26 Å². The third kappa shape index (κ3) is 2.15. The van der Waals surface area contributed by atoms with Crippen molar-refractivity contribution in [2.75, 3.05) is 0 Å². The van der Waals surface area contributed by atoms with E-state index >= 15 is 0 Å². The molecule has 0 aliphatic rings. The van der Waals surface area contributed by atoms with E-state index < -0.39 is 0 Å². The van der Waals surface area contributed by atoms with Gasteiger partial charge < -0.3 is 0 Å². The Labute approximate surface area is 92.8 Å². The Bertz CT molecular complexity index is 495. The van der Waals surface area contributed by atoms with Gasteiger partial charge in [-0.3, -0.25) is 4.98 Å². The Kier molecular flexibility index (Phi) is 2.66. The minimum absolute atomic E-state index is 0.563. The molecule has 15 heavy (non-hydrogen) atoms. The number of halogens is 1. The first kappa shape index (κ1) is 9.70. The molecule has 0 atom stereocenters. The van der Waals surface area contributed by atoms with Crippen LogP contribution in [-0.4, -0.2) is 4.98 Å². The Hall–Kier alpha value is -1.85. The molecule has 0 spiro atoms. The van der Waals surface area contributed by atoms with Gasteiger partial charge in [-0.05, 0) is 24.3 Å². The van der Waals surface area contributed by atoms with E-state index in [9.17, 15) is 0 Å². The second kappa shape index (κ2) is 4.12. The molecule has 2 nitrogen and oxygen atoms in total. The molecule has 0 N–H and O–H groups in total. The lowest BCUT2D eigenvalue weighted by Gasteiger charge is -2.00. The van der Waals surface area contributed by atoms with Gasteiger partial charge in [-0.1, -0.05) is 23.7 Å². The average molecular weight is 215 g/mol. The first-order chi connectivity index (χ1) is 7.29. The number of hydrogen-bond acceptors (Lipinski definition) is 2. The molecule has 0 amide bonds. The van der Waals surface area contributed by atoms with Crippen LogP contribution in [0.25, 0.3) is 11.3 Å². The summed E-state index contributed by atoms with van der Waals surface area (Å²) in [7, 11) is 0. The maximum atomic E-state index is 8.63. The van der Waals surface area contributed by atoms with E-state index in [4.69, 9.17) is 16.9 Å². The van der Waals surface area contributed by atoms with E-state index in [2.05, 4.69) is 4.98 Å². The lowest BCUT2D eigenvalue weighted by molar-refractivity contribution is 1.30. The van der Waals surface area contributed by atoms with Gasteiger partial charge in [-0.2, -0.15) is 5.26 Å². The van der Waals surface area contributed by atoms with Crippen LogP contribution in [0.1, 0.15) is 5.56 Å². The molecular weight excluding hydrogens is 208 g/mol. The fourth-order valence-electron chi connectivity index (χ4n) is 1.25. The Morgan fingerprint density at radius 3 is 2.33 bits per heavy atom. The second-order valence-corrected chi connectivity index (χ2v) is 3.49. The highest BCUT2D eigenvalue weighted by molar-refractivity contribution is 6.30. The molecule has 2 rings (SSSR count). The first-order valence-corrected chi connectivity index (χ1v) is 4.79. The van der Waals surface area contributed by atoms with Crippen LogP contribution >= 0.6 is 11.6 Å². The summed E-state index contributed by atoms with van der Waals surface area (Å²) in [4.78, 5) is 4.18.